The number of carboxylic acids is 1. The van der Waals surface area contributed by atoms with Gasteiger partial charge in [0.25, 0.3) is 11.8 Å². The molecule has 1 aliphatic heterocycles. The van der Waals surface area contributed by atoms with Gasteiger partial charge in [-0.1, -0.05) is 0 Å². The number of nitrogens with zero attached hydrogens (tertiary/aromatic N) is 9. The van der Waals surface area contributed by atoms with Crippen molar-refractivity contribution in [2.24, 2.45) is 7.05 Å². The second-order valence-electron chi connectivity index (χ2n) is 12.2. The predicted molar refractivity (Wildman–Crippen MR) is 182 cm³/mol. The van der Waals surface area contributed by atoms with Crippen LogP contribution in [0.15, 0.2) is 67.6 Å². The number of carbonyl (C=O) groups excluding carboxylic acids is 2. The van der Waals surface area contributed by atoms with Gasteiger partial charge in [0.05, 0.1) is 59.4 Å². The van der Waals surface area contributed by atoms with Crippen molar-refractivity contribution in [3.05, 3.63) is 96.1 Å². The fourth-order valence-electron chi connectivity index (χ4n) is 5.23. The largest absolute Gasteiger partial charge is 0.476 e. The maximum atomic E-state index is 13.2. The van der Waals surface area contributed by atoms with Gasteiger partial charge >= 0.3 is 5.97 Å². The lowest BCUT2D eigenvalue weighted by Gasteiger charge is -2.31. The fraction of sp³-hybridized carbons (Fsp3) is 0.294. The third-order valence-corrected chi connectivity index (χ3v) is 8.37. The lowest BCUT2D eigenvalue weighted by Crippen LogP contribution is -2.43. The van der Waals surface area contributed by atoms with Crippen molar-refractivity contribution in [3.8, 4) is 0 Å². The number of hydrogen-bond acceptors (Lipinski definition) is 12. The van der Waals surface area contributed by atoms with E-state index in [1.165, 1.54) is 10.9 Å². The van der Waals surface area contributed by atoms with Crippen molar-refractivity contribution in [2.75, 3.05) is 29.0 Å². The first kappa shape index (κ1) is 32.2. The number of carboxylic acid groups (broad SMARTS) is 1. The predicted octanol–water partition coefficient (Wildman–Crippen LogP) is 4.52. The van der Waals surface area contributed by atoms with Crippen LogP contribution < -0.4 is 16.0 Å². The summed E-state index contributed by atoms with van der Waals surface area (Å²) in [6.07, 6.45) is 16.6. The van der Waals surface area contributed by atoms with Gasteiger partial charge in [-0.3, -0.25) is 24.2 Å². The van der Waals surface area contributed by atoms with Crippen LogP contribution in [0.1, 0.15) is 86.8 Å². The standard InChI is InChI=1S/C21H22N8O2.C13H12N4O2/c1-28-18(21(31)29-8-3-9-29)16(12-24-28)27-20(30)17-19(25-14-4-2-7-22-10-14)23-11-15(26-17)13-5-6-13;18-13(19)11-12(16-9-2-1-5-14-6-9)15-7-10(17-11)8-3-4-8/h2,4,7,10-13H,3,5-6,8-9H2,1H3,(H,23,25)(H,27,30);1-2,5-8H,3-4H2,(H,15,16)(H,18,19). The Labute approximate surface area is 286 Å². The number of carbonyl (C=O) groups is 3. The maximum absolute atomic E-state index is 13.2. The Kier molecular flexibility index (Phi) is 9.05. The van der Waals surface area contributed by atoms with Gasteiger partial charge in [0.2, 0.25) is 0 Å². The van der Waals surface area contributed by atoms with Crippen LogP contribution in [-0.2, 0) is 7.05 Å². The van der Waals surface area contributed by atoms with Crippen molar-refractivity contribution < 1.29 is 19.5 Å². The van der Waals surface area contributed by atoms with Crippen LogP contribution in [0, 0.1) is 0 Å². The highest BCUT2D eigenvalue weighted by Crippen LogP contribution is 2.40. The summed E-state index contributed by atoms with van der Waals surface area (Å²) >= 11 is 0. The molecule has 8 rings (SSSR count). The zero-order chi connectivity index (χ0) is 34.6. The lowest BCUT2D eigenvalue weighted by atomic mass is 10.2. The summed E-state index contributed by atoms with van der Waals surface area (Å²) in [5.74, 6) is -0.396. The van der Waals surface area contributed by atoms with Crippen LogP contribution in [0.4, 0.5) is 28.7 Å². The van der Waals surface area contributed by atoms with Crippen LogP contribution >= 0.6 is 0 Å². The smallest absolute Gasteiger partial charge is 0.358 e. The zero-order valence-electron chi connectivity index (χ0n) is 27.2. The molecule has 2 aliphatic carbocycles. The quantitative estimate of drug-likeness (QED) is 0.161. The van der Waals surface area contributed by atoms with Crippen molar-refractivity contribution in [1.29, 1.82) is 0 Å². The van der Waals surface area contributed by atoms with Crippen LogP contribution in [0.2, 0.25) is 0 Å². The van der Waals surface area contributed by atoms with Crippen molar-refractivity contribution in [1.82, 2.24) is 44.6 Å². The maximum Gasteiger partial charge on any atom is 0.358 e. The highest BCUT2D eigenvalue weighted by atomic mass is 16.4. The topological polar surface area (TPSA) is 206 Å². The van der Waals surface area contributed by atoms with E-state index in [9.17, 15) is 19.5 Å². The minimum Gasteiger partial charge on any atom is -0.476 e. The van der Waals surface area contributed by atoms with Crippen LogP contribution in [0.5, 0.6) is 0 Å². The average Bonchev–Trinajstić information content (AvgIpc) is 4.04. The van der Waals surface area contributed by atoms with Gasteiger partial charge in [0, 0.05) is 44.4 Å². The Hall–Kier alpha value is -6.32. The van der Waals surface area contributed by atoms with E-state index in [4.69, 9.17) is 0 Å². The van der Waals surface area contributed by atoms with E-state index in [2.05, 4.69) is 51.0 Å². The molecule has 2 saturated carbocycles. The van der Waals surface area contributed by atoms with Gasteiger partial charge < -0.3 is 26.0 Å². The van der Waals surface area contributed by atoms with E-state index in [-0.39, 0.29) is 23.1 Å². The molecule has 50 heavy (non-hydrogen) atoms. The lowest BCUT2D eigenvalue weighted by molar-refractivity contribution is 0.0640. The average molecular weight is 675 g/mol. The second kappa shape index (κ2) is 14.0. The number of hydrogen-bond donors (Lipinski definition) is 4. The number of nitrogens with one attached hydrogen (secondary N) is 3. The SMILES string of the molecule is Cn1ncc(NC(=O)c2nc(C3CC3)cnc2Nc2cccnc2)c1C(=O)N1CCC1.O=C(O)c1nc(C2CC2)cnc1Nc1cccnc1. The van der Waals surface area contributed by atoms with Crippen molar-refractivity contribution in [3.63, 3.8) is 0 Å². The molecule has 2 amide bonds. The number of likely N-dealkylation sites (tertiary alicyclic amines) is 1. The number of rotatable bonds is 10. The molecule has 5 aromatic rings. The van der Waals surface area contributed by atoms with Crippen LogP contribution in [0.3, 0.4) is 0 Å². The number of aromatic nitrogens is 8. The van der Waals surface area contributed by atoms with Crippen LogP contribution in [-0.4, -0.2) is 80.6 Å². The first-order valence-electron chi connectivity index (χ1n) is 16.3. The molecule has 16 heteroatoms. The summed E-state index contributed by atoms with van der Waals surface area (Å²) in [5.41, 5.74) is 3.75. The monoisotopic (exact) mass is 674 g/mol. The molecule has 5 aromatic heterocycles. The number of anilines is 5. The number of aromatic carboxylic acids is 1. The van der Waals surface area contributed by atoms with E-state index >= 15 is 0 Å². The summed E-state index contributed by atoms with van der Waals surface area (Å²) in [7, 11) is 1.69. The molecule has 3 aliphatic rings. The molecule has 0 spiro atoms. The minimum absolute atomic E-state index is 0.0479. The molecular weight excluding hydrogens is 640 g/mol. The zero-order valence-corrected chi connectivity index (χ0v) is 27.2. The molecule has 0 radical (unpaired) electrons. The van der Waals surface area contributed by atoms with Gasteiger partial charge in [0.15, 0.2) is 23.0 Å². The fourth-order valence-corrected chi connectivity index (χ4v) is 5.23. The number of amides is 2. The van der Waals surface area contributed by atoms with E-state index in [0.29, 0.717) is 53.5 Å². The third kappa shape index (κ3) is 7.38. The highest BCUT2D eigenvalue weighted by molar-refractivity contribution is 6.09. The summed E-state index contributed by atoms with van der Waals surface area (Å²) < 4.78 is 1.48. The van der Waals surface area contributed by atoms with E-state index in [1.807, 2.05) is 6.07 Å². The van der Waals surface area contributed by atoms with Crippen LogP contribution in [0.25, 0.3) is 0 Å². The second-order valence-corrected chi connectivity index (χ2v) is 12.2. The molecule has 4 N–H and O–H groups in total. The van der Waals surface area contributed by atoms with Gasteiger partial charge in [-0.2, -0.15) is 5.10 Å². The molecule has 0 unspecified atom stereocenters. The summed E-state index contributed by atoms with van der Waals surface area (Å²) in [6, 6.07) is 7.16. The normalized spacial score (nSPS) is 14.9. The molecule has 0 aromatic carbocycles. The molecule has 3 fully saturated rings. The van der Waals surface area contributed by atoms with E-state index in [0.717, 1.165) is 43.5 Å². The molecule has 6 heterocycles. The summed E-state index contributed by atoms with van der Waals surface area (Å²) in [5, 5.41) is 22.2. The summed E-state index contributed by atoms with van der Waals surface area (Å²) in [4.78, 5) is 64.4. The molecule has 0 atom stereocenters. The molecule has 254 valence electrons. The molecule has 16 nitrogen and oxygen atoms in total. The van der Waals surface area contributed by atoms with Gasteiger partial charge in [-0.15, -0.1) is 0 Å². The van der Waals surface area contributed by atoms with Gasteiger partial charge in [-0.25, -0.2) is 24.7 Å². The Morgan fingerprint density at radius 1 is 0.780 bits per heavy atom. The summed E-state index contributed by atoms with van der Waals surface area (Å²) in [6.45, 7) is 1.43. The van der Waals surface area contributed by atoms with Crippen molar-refractivity contribution in [2.45, 2.75) is 43.9 Å². The Morgan fingerprint density at radius 3 is 1.82 bits per heavy atom. The third-order valence-electron chi connectivity index (χ3n) is 8.37. The Bertz CT molecular complexity index is 2030. The molecular formula is C34H34N12O4. The van der Waals surface area contributed by atoms with E-state index in [1.54, 1.807) is 67.3 Å². The van der Waals surface area contributed by atoms with Gasteiger partial charge in [-0.05, 0) is 56.4 Å². The Morgan fingerprint density at radius 2 is 1.34 bits per heavy atom. The van der Waals surface area contributed by atoms with E-state index < -0.39 is 11.9 Å². The Balaban J connectivity index is 0.000000176. The van der Waals surface area contributed by atoms with Gasteiger partial charge in [0.1, 0.15) is 5.69 Å². The highest BCUT2D eigenvalue weighted by Gasteiger charge is 2.31. The molecule has 0 bridgehead atoms. The number of pyridine rings is 2. The van der Waals surface area contributed by atoms with Crippen molar-refractivity contribution >= 4 is 46.5 Å². The first-order chi connectivity index (χ1) is 24.3. The molecule has 1 saturated heterocycles. The number of aryl methyl sites for hydroxylation is 1. The first-order valence-corrected chi connectivity index (χ1v) is 16.3. The minimum atomic E-state index is -1.08.